The summed E-state index contributed by atoms with van der Waals surface area (Å²) in [6.07, 6.45) is 0. The molecule has 5 nitrogen and oxygen atoms in total. The number of carbonyl (C=O) groups is 1. The second kappa shape index (κ2) is 5.70. The number of hydrogen-bond acceptors (Lipinski definition) is 5. The summed E-state index contributed by atoms with van der Waals surface area (Å²) in [6, 6.07) is 6.85. The summed E-state index contributed by atoms with van der Waals surface area (Å²) in [5.41, 5.74) is 2.31. The average Bonchev–Trinajstić information content (AvgIpc) is 2.76. The van der Waals surface area contributed by atoms with Gasteiger partial charge in [-0.2, -0.15) is 0 Å². The lowest BCUT2D eigenvalue weighted by atomic mass is 10.1. The van der Waals surface area contributed by atoms with Crippen LogP contribution in [0.1, 0.15) is 26.5 Å². The fraction of sp³-hybridized carbons (Fsp3) is 0.250. The van der Waals surface area contributed by atoms with Crippen molar-refractivity contribution in [3.63, 3.8) is 0 Å². The van der Waals surface area contributed by atoms with Gasteiger partial charge in [-0.1, -0.05) is 16.6 Å². The first-order valence-electron chi connectivity index (χ1n) is 5.47. The van der Waals surface area contributed by atoms with Crippen LogP contribution in [0.25, 0.3) is 0 Å². The minimum atomic E-state index is -0.902. The van der Waals surface area contributed by atoms with Crippen molar-refractivity contribution in [1.29, 1.82) is 0 Å². The molecule has 0 bridgehead atoms. The van der Waals surface area contributed by atoms with E-state index in [0.29, 0.717) is 12.1 Å². The summed E-state index contributed by atoms with van der Waals surface area (Å²) in [4.78, 5) is 11.8. The number of carboxylic acids is 1. The third-order valence-electron chi connectivity index (χ3n) is 2.56. The molecule has 0 saturated carbocycles. The molecule has 1 heterocycles. The van der Waals surface area contributed by atoms with Gasteiger partial charge in [-0.25, -0.2) is 4.79 Å². The van der Waals surface area contributed by atoms with E-state index in [1.807, 2.05) is 19.1 Å². The molecule has 0 aliphatic rings. The zero-order valence-electron chi connectivity index (χ0n) is 9.88. The van der Waals surface area contributed by atoms with Crippen LogP contribution in [-0.2, 0) is 13.1 Å². The maximum Gasteiger partial charge on any atom is 0.335 e. The highest BCUT2D eigenvalue weighted by Crippen LogP contribution is 2.09. The van der Waals surface area contributed by atoms with Crippen molar-refractivity contribution in [2.75, 3.05) is 0 Å². The van der Waals surface area contributed by atoms with E-state index in [0.717, 1.165) is 22.7 Å². The molecule has 0 spiro atoms. The van der Waals surface area contributed by atoms with Crippen LogP contribution in [-0.4, -0.2) is 20.7 Å². The van der Waals surface area contributed by atoms with Gasteiger partial charge in [0.2, 0.25) is 0 Å². The van der Waals surface area contributed by atoms with E-state index < -0.39 is 5.97 Å². The Kier molecular flexibility index (Phi) is 4.01. The van der Waals surface area contributed by atoms with Crippen molar-refractivity contribution in [2.24, 2.45) is 0 Å². The Hall–Kier alpha value is -1.79. The molecule has 0 aliphatic carbocycles. The molecule has 18 heavy (non-hydrogen) atoms. The molecule has 0 fully saturated rings. The first kappa shape index (κ1) is 12.7. The van der Waals surface area contributed by atoms with Gasteiger partial charge in [-0.3, -0.25) is 0 Å². The lowest BCUT2D eigenvalue weighted by Crippen LogP contribution is -2.12. The number of aryl methyl sites for hydroxylation is 1. The van der Waals surface area contributed by atoms with Crippen LogP contribution in [0.3, 0.4) is 0 Å². The molecule has 6 heteroatoms. The van der Waals surface area contributed by atoms with E-state index >= 15 is 0 Å². The van der Waals surface area contributed by atoms with E-state index in [2.05, 4.69) is 14.9 Å². The average molecular weight is 263 g/mol. The Labute approximate surface area is 109 Å². The number of carboxylic acid groups (broad SMARTS) is 1. The molecule has 0 radical (unpaired) electrons. The smallest absolute Gasteiger partial charge is 0.335 e. The summed E-state index contributed by atoms with van der Waals surface area (Å²) in [6.45, 7) is 3.35. The maximum absolute atomic E-state index is 10.7. The van der Waals surface area contributed by atoms with Crippen LogP contribution in [0.5, 0.6) is 0 Å². The van der Waals surface area contributed by atoms with Gasteiger partial charge in [-0.15, -0.1) is 5.10 Å². The third kappa shape index (κ3) is 3.12. The van der Waals surface area contributed by atoms with E-state index in [4.69, 9.17) is 5.11 Å². The molecule has 1 aromatic carbocycles. The zero-order chi connectivity index (χ0) is 13.0. The fourth-order valence-electron chi connectivity index (χ4n) is 1.50. The molecular formula is C12H13N3O2S. The number of benzene rings is 1. The van der Waals surface area contributed by atoms with Crippen LogP contribution in [0.2, 0.25) is 0 Å². The molecule has 0 aliphatic heterocycles. The highest BCUT2D eigenvalue weighted by atomic mass is 32.1. The zero-order valence-corrected chi connectivity index (χ0v) is 10.7. The fourth-order valence-corrected chi connectivity index (χ4v) is 2.10. The molecular weight excluding hydrogens is 250 g/mol. The summed E-state index contributed by atoms with van der Waals surface area (Å²) in [5.74, 6) is -0.902. The lowest BCUT2D eigenvalue weighted by Gasteiger charge is -2.04. The number of hydrogen-bond donors (Lipinski definition) is 2. The molecule has 94 valence electrons. The third-order valence-corrected chi connectivity index (χ3v) is 3.38. The quantitative estimate of drug-likeness (QED) is 0.860. The Morgan fingerprint density at radius 3 is 2.61 bits per heavy atom. The van der Waals surface area contributed by atoms with Crippen molar-refractivity contribution in [3.05, 3.63) is 46.0 Å². The normalized spacial score (nSPS) is 10.5. The van der Waals surface area contributed by atoms with Crippen LogP contribution < -0.4 is 5.32 Å². The number of rotatable bonds is 5. The lowest BCUT2D eigenvalue weighted by molar-refractivity contribution is 0.0697. The molecule has 1 aromatic heterocycles. The van der Waals surface area contributed by atoms with Gasteiger partial charge in [-0.05, 0) is 36.2 Å². The van der Waals surface area contributed by atoms with Crippen molar-refractivity contribution in [2.45, 2.75) is 20.0 Å². The van der Waals surface area contributed by atoms with E-state index in [1.165, 1.54) is 11.5 Å². The Morgan fingerprint density at radius 1 is 1.33 bits per heavy atom. The van der Waals surface area contributed by atoms with E-state index in [1.54, 1.807) is 12.1 Å². The van der Waals surface area contributed by atoms with Gasteiger partial charge in [0, 0.05) is 13.1 Å². The summed E-state index contributed by atoms with van der Waals surface area (Å²) in [7, 11) is 0. The van der Waals surface area contributed by atoms with Crippen LogP contribution in [0.4, 0.5) is 0 Å². The maximum atomic E-state index is 10.7. The van der Waals surface area contributed by atoms with Gasteiger partial charge in [0.25, 0.3) is 0 Å². The number of aromatic nitrogens is 2. The topological polar surface area (TPSA) is 75.1 Å². The Balaban J connectivity index is 1.87. The monoisotopic (exact) mass is 263 g/mol. The number of nitrogens with zero attached hydrogens (tertiary/aromatic N) is 2. The van der Waals surface area contributed by atoms with Crippen LogP contribution in [0.15, 0.2) is 24.3 Å². The molecule has 0 unspecified atom stereocenters. The predicted octanol–water partition coefficient (Wildman–Crippen LogP) is 1.83. The van der Waals surface area contributed by atoms with Crippen molar-refractivity contribution < 1.29 is 9.90 Å². The number of nitrogens with one attached hydrogen (secondary N) is 1. The first-order chi connectivity index (χ1) is 8.66. The second-order valence-electron chi connectivity index (χ2n) is 3.89. The molecule has 2 rings (SSSR count). The van der Waals surface area contributed by atoms with Crippen LogP contribution >= 0.6 is 11.5 Å². The molecule has 0 amide bonds. The van der Waals surface area contributed by atoms with E-state index in [9.17, 15) is 4.79 Å². The van der Waals surface area contributed by atoms with Gasteiger partial charge in [0.1, 0.15) is 0 Å². The van der Waals surface area contributed by atoms with E-state index in [-0.39, 0.29) is 0 Å². The second-order valence-corrected chi connectivity index (χ2v) is 4.73. The summed E-state index contributed by atoms with van der Waals surface area (Å²) in [5, 5.41) is 16.0. The molecule has 0 saturated heterocycles. The minimum Gasteiger partial charge on any atom is -0.478 e. The summed E-state index contributed by atoms with van der Waals surface area (Å²) >= 11 is 1.39. The van der Waals surface area contributed by atoms with Crippen molar-refractivity contribution in [1.82, 2.24) is 14.9 Å². The predicted molar refractivity (Wildman–Crippen MR) is 68.6 cm³/mol. The van der Waals surface area contributed by atoms with Gasteiger partial charge < -0.3 is 10.4 Å². The van der Waals surface area contributed by atoms with Gasteiger partial charge >= 0.3 is 5.97 Å². The SMILES string of the molecule is Cc1nnsc1CNCc1ccc(C(=O)O)cc1. The molecule has 2 aromatic rings. The highest BCUT2D eigenvalue weighted by Gasteiger charge is 2.03. The number of aromatic carboxylic acids is 1. The van der Waals surface area contributed by atoms with Gasteiger partial charge in [0.05, 0.1) is 16.1 Å². The van der Waals surface area contributed by atoms with Crippen molar-refractivity contribution >= 4 is 17.5 Å². The van der Waals surface area contributed by atoms with Crippen molar-refractivity contribution in [3.8, 4) is 0 Å². The largest absolute Gasteiger partial charge is 0.478 e. The van der Waals surface area contributed by atoms with Crippen LogP contribution in [0, 0.1) is 6.92 Å². The standard InChI is InChI=1S/C12H13N3O2S/c1-8-11(18-15-14-8)7-13-6-9-2-4-10(5-3-9)12(16)17/h2-5,13H,6-7H2,1H3,(H,16,17). The molecule has 0 atom stereocenters. The summed E-state index contributed by atoms with van der Waals surface area (Å²) < 4.78 is 3.86. The minimum absolute atomic E-state index is 0.307. The highest BCUT2D eigenvalue weighted by molar-refractivity contribution is 7.05. The first-order valence-corrected chi connectivity index (χ1v) is 6.25. The Bertz CT molecular complexity index is 537. The molecule has 2 N–H and O–H groups in total. The van der Waals surface area contributed by atoms with Gasteiger partial charge in [0.15, 0.2) is 0 Å². The Morgan fingerprint density at radius 2 is 2.06 bits per heavy atom.